The van der Waals surface area contributed by atoms with Crippen LogP contribution >= 0.6 is 23.4 Å². The summed E-state index contributed by atoms with van der Waals surface area (Å²) in [6.07, 6.45) is 10.9. The number of nitrogens with one attached hydrogen (secondary N) is 1. The number of hydrogen-bond donors (Lipinski definition) is 1. The Kier molecular flexibility index (Phi) is 7.04. The Hall–Kier alpha value is -2.00. The summed E-state index contributed by atoms with van der Waals surface area (Å²) < 4.78 is 16.4. The Bertz CT molecular complexity index is 1350. The minimum atomic E-state index is -1.13. The molecule has 3 heterocycles. The van der Waals surface area contributed by atoms with Crippen molar-refractivity contribution in [1.29, 1.82) is 0 Å². The van der Waals surface area contributed by atoms with Crippen molar-refractivity contribution in [2.45, 2.75) is 79.5 Å². The Labute approximate surface area is 237 Å². The van der Waals surface area contributed by atoms with E-state index in [0.29, 0.717) is 5.92 Å². The van der Waals surface area contributed by atoms with Gasteiger partial charge in [0.1, 0.15) is 10.8 Å². The zero-order chi connectivity index (χ0) is 26.5. The van der Waals surface area contributed by atoms with E-state index in [9.17, 15) is 4.21 Å². The molecule has 1 aliphatic heterocycles. The summed E-state index contributed by atoms with van der Waals surface area (Å²) in [5.41, 5.74) is 3.75. The summed E-state index contributed by atoms with van der Waals surface area (Å²) in [4.78, 5) is 17.3. The Balaban J connectivity index is 1.15. The molecule has 1 spiro atoms. The lowest BCUT2D eigenvalue weighted by Gasteiger charge is -2.44. The summed E-state index contributed by atoms with van der Waals surface area (Å²) in [5, 5.41) is 1.58. The van der Waals surface area contributed by atoms with Gasteiger partial charge in [0.25, 0.3) is 0 Å². The number of hydrogen-bond acceptors (Lipinski definition) is 6. The molecule has 0 bridgehead atoms. The fourth-order valence-corrected chi connectivity index (χ4v) is 7.79. The second-order valence-electron chi connectivity index (χ2n) is 11.8. The first-order chi connectivity index (χ1) is 18.2. The zero-order valence-electron chi connectivity index (χ0n) is 22.1. The molecule has 200 valence electrons. The van der Waals surface area contributed by atoms with Crippen molar-refractivity contribution in [3.05, 3.63) is 70.8 Å². The van der Waals surface area contributed by atoms with Crippen molar-refractivity contribution >= 4 is 40.2 Å². The van der Waals surface area contributed by atoms with Crippen LogP contribution in [0.25, 0.3) is 0 Å². The molecule has 2 aliphatic carbocycles. The highest BCUT2D eigenvalue weighted by Crippen LogP contribution is 2.52. The van der Waals surface area contributed by atoms with Gasteiger partial charge < -0.3 is 4.90 Å². The normalized spacial score (nSPS) is 21.5. The SMILES string of the molecule is CC(C)(C)S(=O)N[C@@H]1c2ccccc2CC12CCN(c1cnc(Sc3ccnc(C4CC4)c3Cl)cn1)CC2. The number of nitrogens with zero attached hydrogens (tertiary/aromatic N) is 4. The standard InChI is InChI=1S/C29H34ClN5OS2/c1-28(2,3)38(36)34-27-21-7-5-4-6-20(21)16-29(27)11-14-35(15-12-29)23-17-33-24(18-32-23)37-22-10-13-31-26(25(22)30)19-8-9-19/h4-7,10,13,17-19,27,34H,8-9,11-12,14-16H2,1-3H3/t27-,38?/m1/s1. The molecule has 1 saturated heterocycles. The van der Waals surface area contributed by atoms with E-state index in [-0.39, 0.29) is 16.2 Å². The smallest absolute Gasteiger partial charge is 0.147 e. The number of halogens is 1. The number of rotatable bonds is 6. The first-order valence-corrected chi connectivity index (χ1v) is 15.7. The van der Waals surface area contributed by atoms with Gasteiger partial charge in [-0.1, -0.05) is 47.6 Å². The molecule has 3 aromatic rings. The largest absolute Gasteiger partial charge is 0.355 e. The molecule has 1 unspecified atom stereocenters. The number of anilines is 1. The second kappa shape index (κ2) is 10.2. The van der Waals surface area contributed by atoms with Crippen molar-refractivity contribution in [3.8, 4) is 0 Å². The maximum atomic E-state index is 13.1. The highest BCUT2D eigenvalue weighted by atomic mass is 35.5. The molecule has 1 saturated carbocycles. The molecule has 0 amide bonds. The monoisotopic (exact) mass is 567 g/mol. The minimum absolute atomic E-state index is 0.0572. The lowest BCUT2D eigenvalue weighted by atomic mass is 9.73. The van der Waals surface area contributed by atoms with Crippen LogP contribution < -0.4 is 9.62 Å². The van der Waals surface area contributed by atoms with Crippen molar-refractivity contribution in [3.63, 3.8) is 0 Å². The quantitative estimate of drug-likeness (QED) is 0.367. The van der Waals surface area contributed by atoms with Crippen LogP contribution in [0.4, 0.5) is 5.82 Å². The molecule has 2 aromatic heterocycles. The van der Waals surface area contributed by atoms with Gasteiger partial charge in [-0.25, -0.2) is 18.9 Å². The summed E-state index contributed by atoms with van der Waals surface area (Å²) in [5.74, 6) is 1.41. The van der Waals surface area contributed by atoms with E-state index in [4.69, 9.17) is 21.6 Å². The van der Waals surface area contributed by atoms with Crippen LogP contribution in [-0.2, 0) is 17.4 Å². The third kappa shape index (κ3) is 5.12. The summed E-state index contributed by atoms with van der Waals surface area (Å²) in [6, 6.07) is 10.7. The third-order valence-electron chi connectivity index (χ3n) is 8.06. The van der Waals surface area contributed by atoms with Crippen LogP contribution in [-0.4, -0.2) is 37.0 Å². The van der Waals surface area contributed by atoms with Gasteiger partial charge in [0, 0.05) is 30.1 Å². The first kappa shape index (κ1) is 26.2. The average molecular weight is 568 g/mol. The number of benzene rings is 1. The summed E-state index contributed by atoms with van der Waals surface area (Å²) in [6.45, 7) is 7.89. The summed E-state index contributed by atoms with van der Waals surface area (Å²) >= 11 is 8.19. The Morgan fingerprint density at radius 3 is 2.53 bits per heavy atom. The van der Waals surface area contributed by atoms with Crippen LogP contribution in [0.2, 0.25) is 5.02 Å². The van der Waals surface area contributed by atoms with Crippen LogP contribution in [0.5, 0.6) is 0 Å². The lowest BCUT2D eigenvalue weighted by molar-refractivity contribution is 0.177. The molecule has 2 atom stereocenters. The van der Waals surface area contributed by atoms with E-state index < -0.39 is 11.0 Å². The molecule has 6 nitrogen and oxygen atoms in total. The molecule has 38 heavy (non-hydrogen) atoms. The third-order valence-corrected chi connectivity index (χ3v) is 11.1. The van der Waals surface area contributed by atoms with Crippen LogP contribution in [0.1, 0.15) is 75.2 Å². The van der Waals surface area contributed by atoms with Crippen molar-refractivity contribution < 1.29 is 4.21 Å². The molecular formula is C29H34ClN5OS2. The van der Waals surface area contributed by atoms with E-state index in [1.807, 2.05) is 45.4 Å². The number of piperidine rings is 1. The molecular weight excluding hydrogens is 534 g/mol. The van der Waals surface area contributed by atoms with E-state index in [0.717, 1.165) is 58.8 Å². The van der Waals surface area contributed by atoms with Crippen LogP contribution in [0.3, 0.4) is 0 Å². The zero-order valence-corrected chi connectivity index (χ0v) is 24.5. The Morgan fingerprint density at radius 1 is 1.08 bits per heavy atom. The highest BCUT2D eigenvalue weighted by Gasteiger charge is 2.48. The number of aromatic nitrogens is 3. The maximum absolute atomic E-state index is 13.1. The maximum Gasteiger partial charge on any atom is 0.147 e. The van der Waals surface area contributed by atoms with Gasteiger partial charge in [-0.15, -0.1) is 0 Å². The fourth-order valence-electron chi connectivity index (χ4n) is 5.71. The Morgan fingerprint density at radius 2 is 1.84 bits per heavy atom. The van der Waals surface area contributed by atoms with Crippen molar-refractivity contribution in [2.24, 2.45) is 5.41 Å². The molecule has 3 aliphatic rings. The number of pyridine rings is 1. The van der Waals surface area contributed by atoms with Crippen molar-refractivity contribution in [1.82, 2.24) is 19.7 Å². The van der Waals surface area contributed by atoms with E-state index in [1.54, 1.807) is 11.8 Å². The molecule has 1 N–H and O–H groups in total. The van der Waals surface area contributed by atoms with E-state index in [1.165, 1.54) is 24.0 Å². The summed E-state index contributed by atoms with van der Waals surface area (Å²) in [7, 11) is -1.13. The van der Waals surface area contributed by atoms with Gasteiger partial charge in [0.05, 0.1) is 44.9 Å². The lowest BCUT2D eigenvalue weighted by Crippen LogP contribution is -2.48. The van der Waals surface area contributed by atoms with Gasteiger partial charge in [-0.3, -0.25) is 4.98 Å². The van der Waals surface area contributed by atoms with Crippen molar-refractivity contribution in [2.75, 3.05) is 18.0 Å². The van der Waals surface area contributed by atoms with E-state index in [2.05, 4.69) is 38.9 Å². The van der Waals surface area contributed by atoms with Gasteiger partial charge in [-0.05, 0) is 75.5 Å². The molecule has 6 rings (SSSR count). The predicted octanol–water partition coefficient (Wildman–Crippen LogP) is 6.49. The molecule has 0 radical (unpaired) electrons. The van der Waals surface area contributed by atoms with Crippen LogP contribution in [0, 0.1) is 5.41 Å². The molecule has 9 heteroatoms. The van der Waals surface area contributed by atoms with Gasteiger partial charge in [0.2, 0.25) is 0 Å². The van der Waals surface area contributed by atoms with Crippen LogP contribution in [0.15, 0.2) is 58.8 Å². The first-order valence-electron chi connectivity index (χ1n) is 13.4. The van der Waals surface area contributed by atoms with Gasteiger partial charge in [-0.2, -0.15) is 0 Å². The fraction of sp³-hybridized carbons (Fsp3) is 0.483. The topological polar surface area (TPSA) is 71.0 Å². The molecule has 1 aromatic carbocycles. The molecule has 2 fully saturated rings. The average Bonchev–Trinajstić information content (AvgIpc) is 3.70. The minimum Gasteiger partial charge on any atom is -0.355 e. The highest BCUT2D eigenvalue weighted by molar-refractivity contribution is 7.99. The number of fused-ring (bicyclic) bond motifs is 1. The van der Waals surface area contributed by atoms with E-state index >= 15 is 0 Å². The second-order valence-corrected chi connectivity index (χ2v) is 15.2. The predicted molar refractivity (Wildman–Crippen MR) is 155 cm³/mol. The van der Waals surface area contributed by atoms with Gasteiger partial charge >= 0.3 is 0 Å². The van der Waals surface area contributed by atoms with Gasteiger partial charge in [0.15, 0.2) is 0 Å².